The van der Waals surface area contributed by atoms with Crippen molar-refractivity contribution in [2.75, 3.05) is 11.1 Å². The molecule has 1 amide bonds. The monoisotopic (exact) mass is 251 g/mol. The van der Waals surface area contributed by atoms with Crippen LogP contribution in [0.1, 0.15) is 27.2 Å². The van der Waals surface area contributed by atoms with Gasteiger partial charge < -0.3 is 21.5 Å². The number of anilines is 2. The van der Waals surface area contributed by atoms with Gasteiger partial charge in [0, 0.05) is 36.0 Å². The molecule has 0 aliphatic carbocycles. The minimum atomic E-state index is -0.336. The molecule has 0 saturated heterocycles. The van der Waals surface area contributed by atoms with E-state index in [0.717, 1.165) is 5.69 Å². The van der Waals surface area contributed by atoms with E-state index in [2.05, 4.69) is 5.32 Å². The van der Waals surface area contributed by atoms with Crippen molar-refractivity contribution in [1.29, 1.82) is 0 Å². The molecule has 0 heterocycles. The minimum absolute atomic E-state index is 0.0452. The van der Waals surface area contributed by atoms with Gasteiger partial charge in [-0.3, -0.25) is 4.79 Å². The molecule has 5 heteroatoms. The molecule has 100 valence electrons. The maximum atomic E-state index is 10.8. The molecule has 1 aromatic rings. The van der Waals surface area contributed by atoms with E-state index in [4.69, 9.17) is 16.2 Å². The molecule has 0 fully saturated rings. The van der Waals surface area contributed by atoms with E-state index < -0.39 is 0 Å². The number of nitrogens with two attached hydrogens (primary N) is 2. The molecule has 18 heavy (non-hydrogen) atoms. The van der Waals surface area contributed by atoms with Crippen molar-refractivity contribution in [1.82, 2.24) is 0 Å². The van der Waals surface area contributed by atoms with E-state index >= 15 is 0 Å². The van der Waals surface area contributed by atoms with Crippen LogP contribution >= 0.6 is 0 Å². The molecule has 0 bridgehead atoms. The van der Waals surface area contributed by atoms with Crippen molar-refractivity contribution in [3.63, 3.8) is 0 Å². The van der Waals surface area contributed by atoms with Crippen molar-refractivity contribution in [3.8, 4) is 5.75 Å². The Bertz CT molecular complexity index is 419. The second-order valence-electron chi connectivity index (χ2n) is 4.67. The van der Waals surface area contributed by atoms with Gasteiger partial charge in [-0.25, -0.2) is 0 Å². The second kappa shape index (κ2) is 6.14. The van der Waals surface area contributed by atoms with Crippen LogP contribution in [0.15, 0.2) is 18.2 Å². The predicted molar refractivity (Wildman–Crippen MR) is 73.5 cm³/mol. The zero-order chi connectivity index (χ0) is 13.7. The first-order valence-corrected chi connectivity index (χ1v) is 5.99. The van der Waals surface area contributed by atoms with Crippen molar-refractivity contribution < 1.29 is 9.53 Å². The molecule has 0 radical (unpaired) electrons. The molecule has 1 rings (SSSR count). The Balaban J connectivity index is 2.76. The molecule has 0 aliphatic rings. The summed E-state index contributed by atoms with van der Waals surface area (Å²) in [5, 5.41) is 3.17. The Hall–Kier alpha value is -1.91. The van der Waals surface area contributed by atoms with Crippen LogP contribution in [0.2, 0.25) is 0 Å². The van der Waals surface area contributed by atoms with Gasteiger partial charge in [0.05, 0.1) is 6.10 Å². The first kappa shape index (κ1) is 14.2. The zero-order valence-corrected chi connectivity index (χ0v) is 11.1. The Kier molecular flexibility index (Phi) is 4.83. The quantitative estimate of drug-likeness (QED) is 0.671. The van der Waals surface area contributed by atoms with Crippen LogP contribution in [-0.2, 0) is 4.79 Å². The van der Waals surface area contributed by atoms with Crippen molar-refractivity contribution in [2.24, 2.45) is 5.73 Å². The third-order valence-electron chi connectivity index (χ3n) is 2.22. The smallest absolute Gasteiger partial charge is 0.219 e. The lowest BCUT2D eigenvalue weighted by atomic mass is 10.2. The summed E-state index contributed by atoms with van der Waals surface area (Å²) >= 11 is 0. The molecule has 1 aromatic carbocycles. The van der Waals surface area contributed by atoms with Gasteiger partial charge in [-0.15, -0.1) is 0 Å². The predicted octanol–water partition coefficient (Wildman–Crippen LogP) is 1.73. The van der Waals surface area contributed by atoms with E-state index in [9.17, 15) is 4.79 Å². The molecular weight excluding hydrogens is 230 g/mol. The highest BCUT2D eigenvalue weighted by molar-refractivity contribution is 5.75. The summed E-state index contributed by atoms with van der Waals surface area (Å²) in [6, 6.07) is 5.37. The van der Waals surface area contributed by atoms with Gasteiger partial charge in [0.1, 0.15) is 5.75 Å². The Morgan fingerprint density at radius 3 is 2.56 bits per heavy atom. The van der Waals surface area contributed by atoms with Gasteiger partial charge in [0.2, 0.25) is 5.91 Å². The van der Waals surface area contributed by atoms with Crippen LogP contribution in [0.25, 0.3) is 0 Å². The number of hydrogen-bond acceptors (Lipinski definition) is 4. The third kappa shape index (κ3) is 4.95. The highest BCUT2D eigenvalue weighted by Crippen LogP contribution is 2.24. The zero-order valence-electron chi connectivity index (χ0n) is 11.1. The van der Waals surface area contributed by atoms with Crippen LogP contribution in [0, 0.1) is 0 Å². The Morgan fingerprint density at radius 2 is 2.00 bits per heavy atom. The largest absolute Gasteiger partial charge is 0.491 e. The van der Waals surface area contributed by atoms with Crippen molar-refractivity contribution in [2.45, 2.75) is 39.3 Å². The van der Waals surface area contributed by atoms with Gasteiger partial charge >= 0.3 is 0 Å². The molecule has 0 saturated carbocycles. The first-order valence-electron chi connectivity index (χ1n) is 5.99. The van der Waals surface area contributed by atoms with Crippen molar-refractivity contribution >= 4 is 17.3 Å². The van der Waals surface area contributed by atoms with E-state index in [1.54, 1.807) is 12.1 Å². The number of nitrogens with one attached hydrogen (secondary N) is 1. The Labute approximate surface area is 107 Å². The van der Waals surface area contributed by atoms with Crippen LogP contribution in [0.3, 0.4) is 0 Å². The lowest BCUT2D eigenvalue weighted by Crippen LogP contribution is -2.24. The second-order valence-corrected chi connectivity index (χ2v) is 4.67. The molecule has 1 unspecified atom stereocenters. The molecule has 0 aromatic heterocycles. The van der Waals surface area contributed by atoms with Gasteiger partial charge in [-0.2, -0.15) is 0 Å². The number of rotatable bonds is 6. The molecule has 1 atom stereocenters. The molecule has 0 aliphatic heterocycles. The number of ether oxygens (including phenoxy) is 1. The summed E-state index contributed by atoms with van der Waals surface area (Å²) in [4.78, 5) is 10.8. The summed E-state index contributed by atoms with van der Waals surface area (Å²) in [5.41, 5.74) is 12.4. The number of hydrogen-bond donors (Lipinski definition) is 3. The normalized spacial score (nSPS) is 12.2. The minimum Gasteiger partial charge on any atom is -0.491 e. The first-order chi connectivity index (χ1) is 8.36. The summed E-state index contributed by atoms with van der Waals surface area (Å²) in [6.07, 6.45) is 0.359. The fourth-order valence-corrected chi connectivity index (χ4v) is 1.68. The van der Waals surface area contributed by atoms with Crippen LogP contribution in [-0.4, -0.2) is 18.1 Å². The fourth-order valence-electron chi connectivity index (χ4n) is 1.68. The third-order valence-corrected chi connectivity index (χ3v) is 2.22. The number of benzene rings is 1. The highest BCUT2D eigenvalue weighted by atomic mass is 16.5. The number of nitrogen functional groups attached to an aromatic ring is 1. The van der Waals surface area contributed by atoms with E-state index in [-0.39, 0.29) is 24.5 Å². The summed E-state index contributed by atoms with van der Waals surface area (Å²) in [5.74, 6) is 0.372. The number of carbonyl (C=O) groups is 1. The van der Waals surface area contributed by atoms with Crippen LogP contribution in [0.4, 0.5) is 11.4 Å². The summed E-state index contributed by atoms with van der Waals surface area (Å²) in [7, 11) is 0. The van der Waals surface area contributed by atoms with Gasteiger partial charge in [-0.1, -0.05) is 0 Å². The fraction of sp³-hybridized carbons (Fsp3) is 0.462. The van der Waals surface area contributed by atoms with E-state index in [0.29, 0.717) is 11.4 Å². The van der Waals surface area contributed by atoms with E-state index in [1.807, 2.05) is 26.8 Å². The summed E-state index contributed by atoms with van der Waals surface area (Å²) < 4.78 is 5.59. The SMILES string of the molecule is CC(CC(N)=O)Nc1cc(N)cc(OC(C)C)c1. The topological polar surface area (TPSA) is 90.4 Å². The maximum absolute atomic E-state index is 10.8. The molecule has 0 spiro atoms. The molecule has 5 nitrogen and oxygen atoms in total. The van der Waals surface area contributed by atoms with E-state index in [1.165, 1.54) is 0 Å². The lowest BCUT2D eigenvalue weighted by molar-refractivity contribution is -0.118. The number of carbonyl (C=O) groups excluding carboxylic acids is 1. The van der Waals surface area contributed by atoms with Gasteiger partial charge in [-0.05, 0) is 26.8 Å². The average molecular weight is 251 g/mol. The lowest BCUT2D eigenvalue weighted by Gasteiger charge is -2.16. The van der Waals surface area contributed by atoms with Crippen LogP contribution < -0.4 is 21.5 Å². The highest BCUT2D eigenvalue weighted by Gasteiger charge is 2.08. The summed E-state index contributed by atoms with van der Waals surface area (Å²) in [6.45, 7) is 5.79. The number of primary amides is 1. The molecule has 5 N–H and O–H groups in total. The average Bonchev–Trinajstić information content (AvgIpc) is 2.12. The standard InChI is InChI=1S/C13H21N3O2/c1-8(2)18-12-6-10(14)5-11(7-12)16-9(3)4-13(15)17/h5-9,16H,4,14H2,1-3H3,(H2,15,17). The number of amides is 1. The Morgan fingerprint density at radius 1 is 1.33 bits per heavy atom. The van der Waals surface area contributed by atoms with Crippen LogP contribution in [0.5, 0.6) is 5.75 Å². The molecular formula is C13H21N3O2. The van der Waals surface area contributed by atoms with Gasteiger partial charge in [0.25, 0.3) is 0 Å². The van der Waals surface area contributed by atoms with Crippen molar-refractivity contribution in [3.05, 3.63) is 18.2 Å². The van der Waals surface area contributed by atoms with Gasteiger partial charge in [0.15, 0.2) is 0 Å². The maximum Gasteiger partial charge on any atom is 0.219 e.